The molecule has 1 atom stereocenters. The third-order valence-electron chi connectivity index (χ3n) is 3.60. The first-order chi connectivity index (χ1) is 9.19. The van der Waals surface area contributed by atoms with E-state index in [0.29, 0.717) is 10.0 Å². The van der Waals surface area contributed by atoms with Gasteiger partial charge in [0.05, 0.1) is 10.0 Å². The molecule has 4 heteroatoms. The summed E-state index contributed by atoms with van der Waals surface area (Å²) in [4.78, 5) is 0. The zero-order valence-electron chi connectivity index (χ0n) is 11.0. The van der Waals surface area contributed by atoms with Crippen LogP contribution >= 0.6 is 23.2 Å². The van der Waals surface area contributed by atoms with Crippen LogP contribution in [-0.4, -0.2) is 6.04 Å². The first-order valence-corrected chi connectivity index (χ1v) is 7.52. The smallest absolute Gasteiger partial charge is 0.0595 e. The van der Waals surface area contributed by atoms with Gasteiger partial charge >= 0.3 is 0 Å². The van der Waals surface area contributed by atoms with E-state index < -0.39 is 0 Å². The summed E-state index contributed by atoms with van der Waals surface area (Å²) in [6.07, 6.45) is 9.27. The van der Waals surface area contributed by atoms with Crippen LogP contribution in [0.3, 0.4) is 0 Å². The van der Waals surface area contributed by atoms with E-state index in [1.54, 1.807) is 0 Å². The fraction of sp³-hybridized carbons (Fsp3) is 0.467. The number of nitrogens with one attached hydrogen (secondary N) is 1. The zero-order valence-corrected chi connectivity index (χ0v) is 12.5. The number of halogens is 2. The van der Waals surface area contributed by atoms with Crippen LogP contribution in [0.2, 0.25) is 10.0 Å². The molecular formula is C15H20Cl2N2. The molecular weight excluding hydrogens is 279 g/mol. The maximum absolute atomic E-state index is 6.04. The van der Waals surface area contributed by atoms with Gasteiger partial charge in [0.25, 0.3) is 0 Å². The standard InChI is InChI=1S/C15H20Cl2N2/c16-14-7-6-12(10-15(14)17)9-13(19-18)8-11-4-2-1-3-5-11/h4,6-7,10,13,19H,1-3,5,8-9,18H2. The highest BCUT2D eigenvalue weighted by Gasteiger charge is 2.13. The van der Waals surface area contributed by atoms with Crippen molar-refractivity contribution in [2.45, 2.75) is 44.6 Å². The lowest BCUT2D eigenvalue weighted by molar-refractivity contribution is 0.505. The maximum atomic E-state index is 6.04. The Morgan fingerprint density at radius 1 is 1.16 bits per heavy atom. The van der Waals surface area contributed by atoms with Gasteiger partial charge in [-0.2, -0.15) is 0 Å². The van der Waals surface area contributed by atoms with E-state index in [2.05, 4.69) is 11.5 Å². The Balaban J connectivity index is 1.97. The van der Waals surface area contributed by atoms with Crippen molar-refractivity contribution in [3.8, 4) is 0 Å². The number of allylic oxidation sites excluding steroid dienone is 1. The molecule has 0 radical (unpaired) electrons. The molecule has 0 heterocycles. The summed E-state index contributed by atoms with van der Waals surface area (Å²) in [5.74, 6) is 5.67. The monoisotopic (exact) mass is 298 g/mol. The second kappa shape index (κ2) is 7.30. The van der Waals surface area contributed by atoms with Gasteiger partial charge in [0.1, 0.15) is 0 Å². The second-order valence-corrected chi connectivity index (χ2v) is 5.94. The predicted octanol–water partition coefficient (Wildman–Crippen LogP) is 4.26. The van der Waals surface area contributed by atoms with Gasteiger partial charge in [0, 0.05) is 6.04 Å². The lowest BCUT2D eigenvalue weighted by Crippen LogP contribution is -2.37. The summed E-state index contributed by atoms with van der Waals surface area (Å²) in [7, 11) is 0. The first kappa shape index (κ1) is 14.9. The molecule has 0 saturated carbocycles. The van der Waals surface area contributed by atoms with E-state index in [1.807, 2.05) is 18.2 Å². The summed E-state index contributed by atoms with van der Waals surface area (Å²) in [5.41, 5.74) is 5.60. The van der Waals surface area contributed by atoms with Crippen LogP contribution in [0.1, 0.15) is 37.7 Å². The fourth-order valence-electron chi connectivity index (χ4n) is 2.55. The van der Waals surface area contributed by atoms with Gasteiger partial charge in [0.15, 0.2) is 0 Å². The van der Waals surface area contributed by atoms with E-state index in [-0.39, 0.29) is 6.04 Å². The topological polar surface area (TPSA) is 38.0 Å². The molecule has 2 nitrogen and oxygen atoms in total. The molecule has 1 aliphatic carbocycles. The van der Waals surface area contributed by atoms with Crippen molar-refractivity contribution in [3.63, 3.8) is 0 Å². The molecule has 104 valence electrons. The average Bonchev–Trinajstić information content (AvgIpc) is 2.43. The summed E-state index contributed by atoms with van der Waals surface area (Å²) < 4.78 is 0. The Morgan fingerprint density at radius 3 is 2.63 bits per heavy atom. The summed E-state index contributed by atoms with van der Waals surface area (Å²) in [6, 6.07) is 6.02. The van der Waals surface area contributed by atoms with Crippen LogP contribution in [0.4, 0.5) is 0 Å². The molecule has 19 heavy (non-hydrogen) atoms. The quantitative estimate of drug-likeness (QED) is 0.484. The van der Waals surface area contributed by atoms with Crippen LogP contribution in [0.5, 0.6) is 0 Å². The molecule has 2 rings (SSSR count). The molecule has 1 aromatic carbocycles. The van der Waals surface area contributed by atoms with Gasteiger partial charge < -0.3 is 0 Å². The lowest BCUT2D eigenvalue weighted by Gasteiger charge is -2.20. The fourth-order valence-corrected chi connectivity index (χ4v) is 2.87. The molecule has 1 aliphatic rings. The molecule has 1 unspecified atom stereocenters. The Kier molecular flexibility index (Phi) is 5.71. The van der Waals surface area contributed by atoms with Gasteiger partial charge in [-0.1, -0.05) is 40.9 Å². The molecule has 0 aliphatic heterocycles. The molecule has 1 aromatic rings. The molecule has 0 amide bonds. The van der Waals surface area contributed by atoms with Crippen molar-refractivity contribution < 1.29 is 0 Å². The van der Waals surface area contributed by atoms with Gasteiger partial charge in [-0.15, -0.1) is 0 Å². The lowest BCUT2D eigenvalue weighted by atomic mass is 9.92. The molecule has 0 aromatic heterocycles. The zero-order chi connectivity index (χ0) is 13.7. The van der Waals surface area contributed by atoms with E-state index in [1.165, 1.54) is 31.3 Å². The van der Waals surface area contributed by atoms with Gasteiger partial charge in [-0.05, 0) is 56.2 Å². The minimum atomic E-state index is 0.251. The van der Waals surface area contributed by atoms with Crippen molar-refractivity contribution in [3.05, 3.63) is 45.5 Å². The molecule has 0 spiro atoms. The maximum Gasteiger partial charge on any atom is 0.0595 e. The molecule has 0 fully saturated rings. The highest BCUT2D eigenvalue weighted by atomic mass is 35.5. The van der Waals surface area contributed by atoms with Crippen molar-refractivity contribution in [1.82, 2.24) is 5.43 Å². The highest BCUT2D eigenvalue weighted by molar-refractivity contribution is 6.42. The van der Waals surface area contributed by atoms with E-state index >= 15 is 0 Å². The van der Waals surface area contributed by atoms with E-state index in [0.717, 1.165) is 18.4 Å². The number of hydrogen-bond acceptors (Lipinski definition) is 2. The first-order valence-electron chi connectivity index (χ1n) is 6.77. The third-order valence-corrected chi connectivity index (χ3v) is 4.33. The Hall–Kier alpha value is -0.540. The largest absolute Gasteiger partial charge is 0.271 e. The highest BCUT2D eigenvalue weighted by Crippen LogP contribution is 2.25. The normalized spacial score (nSPS) is 17.1. The van der Waals surface area contributed by atoms with Crippen molar-refractivity contribution in [2.75, 3.05) is 0 Å². The van der Waals surface area contributed by atoms with Crippen molar-refractivity contribution in [2.24, 2.45) is 5.84 Å². The van der Waals surface area contributed by atoms with Gasteiger partial charge in [-0.25, -0.2) is 0 Å². The molecule has 3 N–H and O–H groups in total. The Labute approximate surface area is 124 Å². The predicted molar refractivity (Wildman–Crippen MR) is 82.4 cm³/mol. The van der Waals surface area contributed by atoms with Gasteiger partial charge in [0.2, 0.25) is 0 Å². The Bertz CT molecular complexity index is 457. The molecule has 0 saturated heterocycles. The summed E-state index contributed by atoms with van der Waals surface area (Å²) in [5, 5.41) is 1.20. The second-order valence-electron chi connectivity index (χ2n) is 5.13. The number of nitrogens with two attached hydrogens (primary N) is 1. The van der Waals surface area contributed by atoms with Crippen LogP contribution < -0.4 is 11.3 Å². The number of rotatable bonds is 5. The van der Waals surface area contributed by atoms with Crippen LogP contribution in [-0.2, 0) is 6.42 Å². The minimum Gasteiger partial charge on any atom is -0.271 e. The molecule has 0 bridgehead atoms. The van der Waals surface area contributed by atoms with Crippen molar-refractivity contribution in [1.29, 1.82) is 0 Å². The number of hydrogen-bond donors (Lipinski definition) is 2. The minimum absolute atomic E-state index is 0.251. The number of benzene rings is 1. The summed E-state index contributed by atoms with van der Waals surface area (Å²) >= 11 is 12.0. The van der Waals surface area contributed by atoms with Crippen LogP contribution in [0, 0.1) is 0 Å². The number of hydrazine groups is 1. The SMILES string of the molecule is NNC(CC1=CCCCC1)Cc1ccc(Cl)c(Cl)c1. The van der Waals surface area contributed by atoms with Crippen molar-refractivity contribution >= 4 is 23.2 Å². The van der Waals surface area contributed by atoms with Crippen LogP contribution in [0.25, 0.3) is 0 Å². The Morgan fingerprint density at radius 2 is 2.00 bits per heavy atom. The average molecular weight is 299 g/mol. The third kappa shape index (κ3) is 4.50. The summed E-state index contributed by atoms with van der Waals surface area (Å²) in [6.45, 7) is 0. The van der Waals surface area contributed by atoms with Gasteiger partial charge in [-0.3, -0.25) is 11.3 Å². The van der Waals surface area contributed by atoms with E-state index in [4.69, 9.17) is 29.0 Å². The van der Waals surface area contributed by atoms with E-state index in [9.17, 15) is 0 Å². The van der Waals surface area contributed by atoms with Crippen LogP contribution in [0.15, 0.2) is 29.8 Å².